The Morgan fingerprint density at radius 1 is 1.06 bits per heavy atom. The molecule has 0 aliphatic heterocycles. The van der Waals surface area contributed by atoms with Crippen molar-refractivity contribution in [2.24, 2.45) is 11.8 Å². The summed E-state index contributed by atoms with van der Waals surface area (Å²) < 4.78 is 0. The molecule has 1 aromatic carbocycles. The summed E-state index contributed by atoms with van der Waals surface area (Å²) in [6, 6.07) is 10.8. The average Bonchev–Trinajstić information content (AvgIpc) is 2.29. The zero-order valence-corrected chi connectivity index (χ0v) is 12.1. The molecule has 1 rings (SSSR count). The predicted molar refractivity (Wildman–Crippen MR) is 77.5 cm³/mol. The van der Waals surface area contributed by atoms with Crippen LogP contribution < -0.4 is 5.32 Å². The van der Waals surface area contributed by atoms with Crippen LogP contribution >= 0.6 is 0 Å². The number of aliphatic hydroxyl groups excluding tert-OH is 1. The van der Waals surface area contributed by atoms with Gasteiger partial charge in [-0.25, -0.2) is 0 Å². The number of benzene rings is 1. The first-order valence-electron chi connectivity index (χ1n) is 6.97. The van der Waals surface area contributed by atoms with Crippen molar-refractivity contribution in [1.82, 2.24) is 5.32 Å². The van der Waals surface area contributed by atoms with E-state index in [-0.39, 0.29) is 6.10 Å². The average molecular weight is 249 g/mol. The number of hydrogen-bond acceptors (Lipinski definition) is 2. The molecule has 0 aliphatic rings. The molecule has 0 saturated heterocycles. The molecule has 0 fully saturated rings. The van der Waals surface area contributed by atoms with Gasteiger partial charge in [0.15, 0.2) is 0 Å². The van der Waals surface area contributed by atoms with Gasteiger partial charge in [-0.2, -0.15) is 0 Å². The minimum atomic E-state index is -0.255. The number of aliphatic hydroxyl groups is 1. The highest BCUT2D eigenvalue weighted by Gasteiger charge is 2.16. The van der Waals surface area contributed by atoms with Crippen LogP contribution in [0.4, 0.5) is 0 Å². The van der Waals surface area contributed by atoms with Crippen molar-refractivity contribution in [3.05, 3.63) is 35.9 Å². The van der Waals surface area contributed by atoms with Gasteiger partial charge in [0.1, 0.15) is 0 Å². The molecule has 2 unspecified atom stereocenters. The molecule has 0 amide bonds. The summed E-state index contributed by atoms with van der Waals surface area (Å²) in [5.74, 6) is 1.05. The first-order chi connectivity index (χ1) is 8.50. The minimum absolute atomic E-state index is 0.255. The Balaban J connectivity index is 2.55. The lowest BCUT2D eigenvalue weighted by molar-refractivity contribution is 0.139. The first kappa shape index (κ1) is 15.2. The van der Waals surface area contributed by atoms with E-state index in [4.69, 9.17) is 0 Å². The van der Waals surface area contributed by atoms with Crippen molar-refractivity contribution in [2.45, 2.75) is 46.3 Å². The van der Waals surface area contributed by atoms with Crippen molar-refractivity contribution in [1.29, 1.82) is 0 Å². The SMILES string of the molecule is CC(C)CC(O)CNC(c1ccccc1)C(C)C. The van der Waals surface area contributed by atoms with Gasteiger partial charge in [0, 0.05) is 12.6 Å². The molecule has 0 aromatic heterocycles. The molecule has 102 valence electrons. The summed E-state index contributed by atoms with van der Waals surface area (Å²) in [5.41, 5.74) is 1.30. The van der Waals surface area contributed by atoms with Crippen LogP contribution in [0.2, 0.25) is 0 Å². The second-order valence-corrected chi connectivity index (χ2v) is 5.82. The van der Waals surface area contributed by atoms with Crippen LogP contribution in [-0.2, 0) is 0 Å². The standard InChI is InChI=1S/C16H27NO/c1-12(2)10-15(18)11-17-16(13(3)4)14-8-6-5-7-9-14/h5-9,12-13,15-18H,10-11H2,1-4H3. The minimum Gasteiger partial charge on any atom is -0.392 e. The number of hydrogen-bond donors (Lipinski definition) is 2. The van der Waals surface area contributed by atoms with E-state index in [2.05, 4.69) is 57.3 Å². The molecule has 1 aromatic rings. The maximum atomic E-state index is 9.93. The predicted octanol–water partition coefficient (Wildman–Crippen LogP) is 3.38. The van der Waals surface area contributed by atoms with Crippen LogP contribution in [0.15, 0.2) is 30.3 Å². The highest BCUT2D eigenvalue weighted by atomic mass is 16.3. The third kappa shape index (κ3) is 5.19. The van der Waals surface area contributed by atoms with Crippen molar-refractivity contribution < 1.29 is 5.11 Å². The maximum absolute atomic E-state index is 9.93. The molecular formula is C16H27NO. The molecule has 0 aliphatic carbocycles. The molecular weight excluding hydrogens is 222 g/mol. The zero-order chi connectivity index (χ0) is 13.5. The van der Waals surface area contributed by atoms with Gasteiger partial charge in [-0.15, -0.1) is 0 Å². The van der Waals surface area contributed by atoms with Crippen LogP contribution in [0.25, 0.3) is 0 Å². The zero-order valence-electron chi connectivity index (χ0n) is 12.1. The van der Waals surface area contributed by atoms with Crippen LogP contribution in [0.3, 0.4) is 0 Å². The van der Waals surface area contributed by atoms with Crippen LogP contribution in [-0.4, -0.2) is 17.8 Å². The second kappa shape index (κ2) is 7.55. The van der Waals surface area contributed by atoms with E-state index in [9.17, 15) is 5.11 Å². The molecule has 2 atom stereocenters. The van der Waals surface area contributed by atoms with Crippen molar-refractivity contribution >= 4 is 0 Å². The quantitative estimate of drug-likeness (QED) is 0.776. The van der Waals surface area contributed by atoms with E-state index in [0.717, 1.165) is 6.42 Å². The summed E-state index contributed by atoms with van der Waals surface area (Å²) in [6.07, 6.45) is 0.599. The summed E-state index contributed by atoms with van der Waals surface area (Å²) in [5, 5.41) is 13.4. The molecule has 0 heterocycles. The van der Waals surface area contributed by atoms with E-state index in [1.807, 2.05) is 6.07 Å². The van der Waals surface area contributed by atoms with Gasteiger partial charge in [0.05, 0.1) is 6.10 Å². The molecule has 0 saturated carbocycles. The lowest BCUT2D eigenvalue weighted by Crippen LogP contribution is -2.33. The summed E-state index contributed by atoms with van der Waals surface area (Å²) >= 11 is 0. The van der Waals surface area contributed by atoms with Crippen LogP contribution in [0.1, 0.15) is 45.7 Å². The highest BCUT2D eigenvalue weighted by Crippen LogP contribution is 2.21. The van der Waals surface area contributed by atoms with Crippen molar-refractivity contribution in [2.75, 3.05) is 6.54 Å². The molecule has 2 heteroatoms. The van der Waals surface area contributed by atoms with Gasteiger partial charge >= 0.3 is 0 Å². The topological polar surface area (TPSA) is 32.3 Å². The molecule has 2 nitrogen and oxygen atoms in total. The van der Waals surface area contributed by atoms with E-state index in [0.29, 0.717) is 24.4 Å². The highest BCUT2D eigenvalue weighted by molar-refractivity contribution is 5.19. The lowest BCUT2D eigenvalue weighted by atomic mass is 9.95. The van der Waals surface area contributed by atoms with E-state index in [1.165, 1.54) is 5.56 Å². The first-order valence-corrected chi connectivity index (χ1v) is 6.97. The third-order valence-electron chi connectivity index (χ3n) is 3.14. The van der Waals surface area contributed by atoms with Gasteiger partial charge in [-0.05, 0) is 23.8 Å². The second-order valence-electron chi connectivity index (χ2n) is 5.82. The lowest BCUT2D eigenvalue weighted by Gasteiger charge is -2.25. The van der Waals surface area contributed by atoms with E-state index in [1.54, 1.807) is 0 Å². The Morgan fingerprint density at radius 2 is 1.67 bits per heavy atom. The Bertz CT molecular complexity index is 321. The normalized spacial score (nSPS) is 15.1. The molecule has 18 heavy (non-hydrogen) atoms. The van der Waals surface area contributed by atoms with Crippen molar-refractivity contribution in [3.8, 4) is 0 Å². The molecule has 2 N–H and O–H groups in total. The third-order valence-corrected chi connectivity index (χ3v) is 3.14. The Hall–Kier alpha value is -0.860. The largest absolute Gasteiger partial charge is 0.392 e. The fourth-order valence-corrected chi connectivity index (χ4v) is 2.29. The fraction of sp³-hybridized carbons (Fsp3) is 0.625. The smallest absolute Gasteiger partial charge is 0.0667 e. The molecule has 0 radical (unpaired) electrons. The Labute approximate surface area is 111 Å². The van der Waals surface area contributed by atoms with E-state index < -0.39 is 0 Å². The summed E-state index contributed by atoms with van der Waals surface area (Å²) in [7, 11) is 0. The van der Waals surface area contributed by atoms with Crippen molar-refractivity contribution in [3.63, 3.8) is 0 Å². The Morgan fingerprint density at radius 3 is 2.17 bits per heavy atom. The maximum Gasteiger partial charge on any atom is 0.0667 e. The van der Waals surface area contributed by atoms with Gasteiger partial charge in [0.2, 0.25) is 0 Å². The monoisotopic (exact) mass is 249 g/mol. The summed E-state index contributed by atoms with van der Waals surface area (Å²) in [4.78, 5) is 0. The fourth-order valence-electron chi connectivity index (χ4n) is 2.29. The van der Waals surface area contributed by atoms with Gasteiger partial charge in [0.25, 0.3) is 0 Å². The van der Waals surface area contributed by atoms with Gasteiger partial charge in [-0.1, -0.05) is 58.0 Å². The number of rotatable bonds is 7. The summed E-state index contributed by atoms with van der Waals surface area (Å²) in [6.45, 7) is 9.36. The Kier molecular flexibility index (Phi) is 6.37. The van der Waals surface area contributed by atoms with Gasteiger partial charge in [-0.3, -0.25) is 0 Å². The van der Waals surface area contributed by atoms with Crippen LogP contribution in [0.5, 0.6) is 0 Å². The molecule has 0 bridgehead atoms. The number of nitrogens with one attached hydrogen (secondary N) is 1. The van der Waals surface area contributed by atoms with Gasteiger partial charge < -0.3 is 10.4 Å². The molecule has 0 spiro atoms. The van der Waals surface area contributed by atoms with E-state index >= 15 is 0 Å². The van der Waals surface area contributed by atoms with Crippen LogP contribution in [0, 0.1) is 11.8 Å².